The fraction of sp³-hybridized carbons (Fsp3) is 0.154. The molecule has 0 fully saturated rings. The van der Waals surface area contributed by atoms with Gasteiger partial charge in [0, 0.05) is 101 Å². The summed E-state index contributed by atoms with van der Waals surface area (Å²) in [5, 5.41) is 0. The summed E-state index contributed by atoms with van der Waals surface area (Å²) in [5.41, 5.74) is -20.8. The lowest BCUT2D eigenvalue weighted by Crippen LogP contribution is -2.16. The van der Waals surface area contributed by atoms with Crippen LogP contribution in [0.15, 0.2) is 24.3 Å². The number of aromatic nitrogens is 4. The van der Waals surface area contributed by atoms with Crippen molar-refractivity contribution in [2.75, 3.05) is 76.0 Å². The zero-order valence-corrected chi connectivity index (χ0v) is 40.3. The quantitative estimate of drug-likeness (QED) is 0.117. The summed E-state index contributed by atoms with van der Waals surface area (Å²) in [7, 11) is 8.34. The number of fused-ring (bicyclic) bond motifs is 8. The van der Waals surface area contributed by atoms with Crippen LogP contribution in [-0.4, -0.2) is 76.3 Å². The van der Waals surface area contributed by atoms with Crippen molar-refractivity contribution in [1.82, 2.24) is 19.9 Å². The van der Waals surface area contributed by atoms with Crippen LogP contribution < -0.4 is 19.6 Å². The van der Waals surface area contributed by atoms with Crippen LogP contribution in [0.5, 0.6) is 0 Å². The molecule has 2 aliphatic heterocycles. The van der Waals surface area contributed by atoms with Gasteiger partial charge in [-0.25, -0.2) is 80.2 Å². The molecule has 7 aromatic rings. The van der Waals surface area contributed by atoms with Gasteiger partial charge in [0.15, 0.2) is 93.1 Å². The predicted octanol–water partition coefficient (Wildman–Crippen LogP) is 13.8. The lowest BCUT2D eigenvalue weighted by Gasteiger charge is -2.18. The van der Waals surface area contributed by atoms with Gasteiger partial charge in [-0.05, 0) is 48.6 Å². The number of nitrogens with one attached hydrogen (secondary N) is 2. The molecule has 2 aliphatic rings. The number of hydrogen-bond acceptors (Lipinski definition) is 6. The number of nitrogens with zero attached hydrogens (tertiary/aromatic N) is 6. The highest BCUT2D eigenvalue weighted by Gasteiger charge is 2.36. The Kier molecular flexibility index (Phi) is 12.9. The minimum atomic E-state index is -2.09. The van der Waals surface area contributed by atoms with Gasteiger partial charge < -0.3 is 29.6 Å². The van der Waals surface area contributed by atoms with Crippen LogP contribution in [0.2, 0.25) is 0 Å². The third-order valence-corrected chi connectivity index (χ3v) is 12.5. The number of halogens is 16. The highest BCUT2D eigenvalue weighted by atomic mass is 19.2. The lowest BCUT2D eigenvalue weighted by atomic mass is 10.0. The number of hydrogen-bond donors (Lipinski definition) is 2. The van der Waals surface area contributed by atoms with Crippen molar-refractivity contribution in [2.24, 2.45) is 0 Å². The highest BCUT2D eigenvalue weighted by molar-refractivity contribution is 6.01. The second kappa shape index (κ2) is 18.7. The van der Waals surface area contributed by atoms with Crippen molar-refractivity contribution in [2.45, 2.75) is 0 Å². The van der Waals surface area contributed by atoms with E-state index >= 15 is 70.2 Å². The summed E-state index contributed by atoms with van der Waals surface area (Å²) in [6.07, 6.45) is 3.38. The van der Waals surface area contributed by atoms with E-state index in [-0.39, 0.29) is 0 Å². The van der Waals surface area contributed by atoms with Crippen molar-refractivity contribution in [3.8, 4) is 44.5 Å². The van der Waals surface area contributed by atoms with Gasteiger partial charge in [0.05, 0.1) is 45.0 Å². The highest BCUT2D eigenvalue weighted by Crippen LogP contribution is 2.47. The van der Waals surface area contributed by atoms with Gasteiger partial charge in [-0.2, -0.15) is 0 Å². The molecule has 8 nitrogen and oxygen atoms in total. The molecule has 394 valence electrons. The SMILES string of the molecule is CN(C)c1c(F)c(F)c(-c2c3nc(c(-c4c(F)c(F)c(N(C)C)c(F)c4F)c4ccc([nH]4)c(-c4c(F)c(F)c(N(C)C)c(F)c4F)c4nc(c(-c5c(F)c(F)c(N(C)C)c(F)c5F)c5ccc2[nH]5)C=C4)C=C3)c(F)c1F. The Morgan fingerprint density at radius 2 is 0.408 bits per heavy atom. The number of H-pyrrole nitrogens is 2. The minimum Gasteiger partial charge on any atom is -0.373 e. The summed E-state index contributed by atoms with van der Waals surface area (Å²) < 4.78 is 261. The van der Waals surface area contributed by atoms with E-state index in [1.165, 1.54) is 0 Å². The van der Waals surface area contributed by atoms with Gasteiger partial charge >= 0.3 is 0 Å². The first-order valence-electron chi connectivity index (χ1n) is 22.0. The molecule has 0 saturated heterocycles. The van der Waals surface area contributed by atoms with Crippen LogP contribution in [0.3, 0.4) is 0 Å². The van der Waals surface area contributed by atoms with Crippen molar-refractivity contribution < 1.29 is 70.2 Å². The van der Waals surface area contributed by atoms with Crippen LogP contribution in [0.1, 0.15) is 22.8 Å². The lowest BCUT2D eigenvalue weighted by molar-refractivity contribution is 0.459. The average Bonchev–Trinajstić information content (AvgIpc) is 4.21. The molecule has 0 amide bonds. The third kappa shape index (κ3) is 7.77. The zero-order chi connectivity index (χ0) is 55.6. The number of benzene rings is 4. The maximum Gasteiger partial charge on any atom is 0.185 e. The minimum absolute atomic E-state index is 0.686. The molecule has 0 unspecified atom stereocenters. The van der Waals surface area contributed by atoms with Gasteiger partial charge in [0.1, 0.15) is 22.7 Å². The average molecular weight is 1070 g/mol. The van der Waals surface area contributed by atoms with Crippen molar-refractivity contribution in [3.05, 3.63) is 140 Å². The zero-order valence-electron chi connectivity index (χ0n) is 40.3. The normalized spacial score (nSPS) is 12.1. The molecule has 4 aromatic carbocycles. The Morgan fingerprint density at radius 3 is 0.553 bits per heavy atom. The maximum atomic E-state index is 16.6. The molecule has 0 atom stereocenters. The van der Waals surface area contributed by atoms with Crippen LogP contribution >= 0.6 is 0 Å². The number of aromatic amines is 2. The van der Waals surface area contributed by atoms with E-state index in [1.54, 1.807) is 0 Å². The van der Waals surface area contributed by atoms with Crippen molar-refractivity contribution in [1.29, 1.82) is 0 Å². The van der Waals surface area contributed by atoms with Crippen LogP contribution in [0.25, 0.3) is 90.9 Å². The Bertz CT molecular complexity index is 3320. The predicted molar refractivity (Wildman–Crippen MR) is 257 cm³/mol. The van der Waals surface area contributed by atoms with E-state index in [9.17, 15) is 0 Å². The van der Waals surface area contributed by atoms with E-state index in [2.05, 4.69) is 19.9 Å². The van der Waals surface area contributed by atoms with Crippen molar-refractivity contribution >= 4 is 69.1 Å². The topological polar surface area (TPSA) is 70.3 Å². The summed E-state index contributed by atoms with van der Waals surface area (Å²) in [6, 6.07) is 3.49. The standard InChI is InChI=1S/C52H34F16N8/c1-73(2)49-41(61)33(53)29(34(54)42(49)62)25-17-9-11-19(69-17)26(30-35(55)43(63)50(74(3)4)44(64)36(30)56)21-13-15-23(71-21)28(32-39(59)47(67)52(76(7)8)48(68)40(32)60)24-16-14-22(72-24)27(20-12-10-18(25)70-20)31-37(57)45(65)51(75(5)6)46(66)38(31)58/h9-16,69,72H,1-8H3. The maximum absolute atomic E-state index is 16.6. The second-order valence-electron chi connectivity index (χ2n) is 18.0. The molecule has 0 spiro atoms. The van der Waals surface area contributed by atoms with E-state index in [1.807, 2.05) is 0 Å². The van der Waals surface area contributed by atoms with Crippen LogP contribution in [0.4, 0.5) is 93.0 Å². The van der Waals surface area contributed by atoms with E-state index < -0.39 is 205 Å². The Hall–Kier alpha value is -8.44. The molecule has 0 radical (unpaired) electrons. The largest absolute Gasteiger partial charge is 0.373 e. The van der Waals surface area contributed by atoms with E-state index in [4.69, 9.17) is 0 Å². The van der Waals surface area contributed by atoms with Gasteiger partial charge in [0.2, 0.25) is 0 Å². The molecule has 0 saturated carbocycles. The first-order valence-corrected chi connectivity index (χ1v) is 22.0. The smallest absolute Gasteiger partial charge is 0.185 e. The molecule has 76 heavy (non-hydrogen) atoms. The molecule has 5 heterocycles. The molecule has 9 rings (SSSR count). The molecular weight excluding hydrogens is 1040 g/mol. The fourth-order valence-electron chi connectivity index (χ4n) is 9.19. The summed E-state index contributed by atoms with van der Waals surface area (Å²) in [6.45, 7) is 0. The first-order chi connectivity index (χ1) is 35.7. The Morgan fingerprint density at radius 1 is 0.250 bits per heavy atom. The molecule has 8 bridgehead atoms. The van der Waals surface area contributed by atoms with E-state index in [0.29, 0.717) is 19.6 Å². The number of rotatable bonds is 8. The molecule has 24 heteroatoms. The van der Waals surface area contributed by atoms with Gasteiger partial charge in [0.25, 0.3) is 0 Å². The van der Waals surface area contributed by atoms with Gasteiger partial charge in [-0.1, -0.05) is 0 Å². The molecular formula is C52H34F16N8. The molecule has 2 N–H and O–H groups in total. The monoisotopic (exact) mass is 1070 g/mol. The Balaban J connectivity index is 1.59. The second-order valence-corrected chi connectivity index (χ2v) is 18.0. The summed E-state index contributed by atoms with van der Waals surface area (Å²) in [4.78, 5) is 16.4. The Labute approximate surface area is 419 Å². The fourth-order valence-corrected chi connectivity index (χ4v) is 9.19. The van der Waals surface area contributed by atoms with Gasteiger partial charge in [-0.15, -0.1) is 0 Å². The van der Waals surface area contributed by atoms with E-state index in [0.717, 1.165) is 105 Å². The van der Waals surface area contributed by atoms with Crippen molar-refractivity contribution in [3.63, 3.8) is 0 Å². The van der Waals surface area contributed by atoms with Crippen LogP contribution in [-0.2, 0) is 0 Å². The molecule has 0 aliphatic carbocycles. The third-order valence-electron chi connectivity index (χ3n) is 12.5. The van der Waals surface area contributed by atoms with Crippen LogP contribution in [0, 0.1) is 93.1 Å². The summed E-state index contributed by atoms with van der Waals surface area (Å²) in [5.74, 6) is -32.6. The first kappa shape index (κ1) is 52.4. The molecule has 3 aromatic heterocycles. The summed E-state index contributed by atoms with van der Waals surface area (Å²) >= 11 is 0. The van der Waals surface area contributed by atoms with Gasteiger partial charge in [-0.3, -0.25) is 0 Å². The number of anilines is 4.